The monoisotopic (exact) mass is 252 g/mol. The number of hydrogen-bond donors (Lipinski definition) is 0. The maximum absolute atomic E-state index is 9.14. The Morgan fingerprint density at radius 3 is 2.88 bits per heavy atom. The predicted octanol–water partition coefficient (Wildman–Crippen LogP) is 2.26. The molecule has 0 radical (unpaired) electrons. The van der Waals surface area contributed by atoms with Crippen LogP contribution in [0.25, 0.3) is 0 Å². The highest BCUT2D eigenvalue weighted by Crippen LogP contribution is 2.24. The smallest absolute Gasteiger partial charge is 0.131 e. The zero-order valence-corrected chi connectivity index (χ0v) is 11.0. The normalized spacial score (nSPS) is 21.4. The van der Waals surface area contributed by atoms with Crippen LogP contribution in [0.2, 0.25) is 5.15 Å². The summed E-state index contributed by atoms with van der Waals surface area (Å²) in [4.78, 5) is 2.21. The molecule has 4 nitrogen and oxygen atoms in total. The zero-order chi connectivity index (χ0) is 12.4. The number of halogens is 1. The standard InChI is InChI=1S/C12H17ClN4/c1-9-11(12(13)16(2)15-9)8-17-6-4-3-5-10(17)7-14/h10H,3-6,8H2,1-2H3. The molecule has 0 saturated carbocycles. The van der Waals surface area contributed by atoms with E-state index in [0.717, 1.165) is 43.6 Å². The van der Waals surface area contributed by atoms with Crippen LogP contribution in [-0.2, 0) is 13.6 Å². The first-order valence-electron chi connectivity index (χ1n) is 5.95. The second kappa shape index (κ2) is 5.07. The number of aromatic nitrogens is 2. The van der Waals surface area contributed by atoms with Crippen molar-refractivity contribution < 1.29 is 0 Å². The molecule has 1 saturated heterocycles. The van der Waals surface area contributed by atoms with Crippen LogP contribution < -0.4 is 0 Å². The molecule has 0 aromatic carbocycles. The van der Waals surface area contributed by atoms with E-state index in [1.807, 2.05) is 14.0 Å². The Morgan fingerprint density at radius 1 is 1.53 bits per heavy atom. The molecule has 0 amide bonds. The minimum atomic E-state index is 0.0272. The van der Waals surface area contributed by atoms with E-state index in [1.165, 1.54) is 0 Å². The maximum Gasteiger partial charge on any atom is 0.131 e. The number of hydrogen-bond acceptors (Lipinski definition) is 3. The average Bonchev–Trinajstić information content (AvgIpc) is 2.57. The largest absolute Gasteiger partial charge is 0.284 e. The summed E-state index contributed by atoms with van der Waals surface area (Å²) >= 11 is 6.22. The van der Waals surface area contributed by atoms with E-state index in [1.54, 1.807) is 4.68 Å². The predicted molar refractivity (Wildman–Crippen MR) is 66.6 cm³/mol. The third kappa shape index (κ3) is 2.46. The van der Waals surface area contributed by atoms with Gasteiger partial charge in [0, 0.05) is 19.2 Å². The molecule has 5 heteroatoms. The van der Waals surface area contributed by atoms with E-state index < -0.39 is 0 Å². The van der Waals surface area contributed by atoms with Crippen molar-refractivity contribution in [3.63, 3.8) is 0 Å². The first-order valence-corrected chi connectivity index (χ1v) is 6.33. The molecule has 0 aliphatic carbocycles. The number of aryl methyl sites for hydroxylation is 2. The van der Waals surface area contributed by atoms with Crippen LogP contribution in [0.3, 0.4) is 0 Å². The fourth-order valence-electron chi connectivity index (χ4n) is 2.38. The van der Waals surface area contributed by atoms with E-state index in [2.05, 4.69) is 16.1 Å². The Balaban J connectivity index is 2.17. The number of likely N-dealkylation sites (tertiary alicyclic amines) is 1. The van der Waals surface area contributed by atoms with Gasteiger partial charge in [0.15, 0.2) is 0 Å². The lowest BCUT2D eigenvalue weighted by Crippen LogP contribution is -2.38. The van der Waals surface area contributed by atoms with Crippen LogP contribution in [0.4, 0.5) is 0 Å². The van der Waals surface area contributed by atoms with Gasteiger partial charge in [0.2, 0.25) is 0 Å². The SMILES string of the molecule is Cc1nn(C)c(Cl)c1CN1CCCCC1C#N. The molecular formula is C12H17ClN4. The summed E-state index contributed by atoms with van der Waals surface area (Å²) in [6.07, 6.45) is 3.27. The van der Waals surface area contributed by atoms with Crippen molar-refractivity contribution in [3.05, 3.63) is 16.4 Å². The quantitative estimate of drug-likeness (QED) is 0.811. The molecule has 1 fully saturated rings. The summed E-state index contributed by atoms with van der Waals surface area (Å²) in [7, 11) is 1.84. The van der Waals surface area contributed by atoms with Crippen LogP contribution in [0.5, 0.6) is 0 Å². The first kappa shape index (κ1) is 12.4. The summed E-state index contributed by atoms with van der Waals surface area (Å²) in [5.41, 5.74) is 2.01. The van der Waals surface area contributed by atoms with Crippen LogP contribution in [0, 0.1) is 18.3 Å². The molecule has 1 aromatic rings. The van der Waals surface area contributed by atoms with Gasteiger partial charge in [-0.3, -0.25) is 9.58 Å². The van der Waals surface area contributed by atoms with Crippen molar-refractivity contribution in [2.45, 2.75) is 38.8 Å². The highest BCUT2D eigenvalue weighted by atomic mass is 35.5. The van der Waals surface area contributed by atoms with Crippen molar-refractivity contribution in [1.82, 2.24) is 14.7 Å². The Morgan fingerprint density at radius 2 is 2.29 bits per heavy atom. The molecule has 1 unspecified atom stereocenters. The van der Waals surface area contributed by atoms with Gasteiger partial charge >= 0.3 is 0 Å². The Bertz CT molecular complexity index is 446. The van der Waals surface area contributed by atoms with Gasteiger partial charge in [-0.05, 0) is 32.7 Å². The molecule has 0 bridgehead atoms. The number of piperidine rings is 1. The zero-order valence-electron chi connectivity index (χ0n) is 10.3. The van der Waals surface area contributed by atoms with E-state index in [4.69, 9.17) is 16.9 Å². The lowest BCUT2D eigenvalue weighted by atomic mass is 10.0. The molecular weight excluding hydrogens is 236 g/mol. The van der Waals surface area contributed by atoms with Crippen LogP contribution >= 0.6 is 11.6 Å². The number of rotatable bonds is 2. The molecule has 1 aliphatic rings. The Labute approximate surface area is 107 Å². The molecule has 2 rings (SSSR count). The van der Waals surface area contributed by atoms with Gasteiger partial charge in [-0.25, -0.2) is 0 Å². The van der Waals surface area contributed by atoms with Crippen LogP contribution in [0.15, 0.2) is 0 Å². The maximum atomic E-state index is 9.14. The average molecular weight is 253 g/mol. The fourth-order valence-corrected chi connectivity index (χ4v) is 2.62. The third-order valence-electron chi connectivity index (χ3n) is 3.39. The van der Waals surface area contributed by atoms with Gasteiger partial charge in [-0.15, -0.1) is 0 Å². The van der Waals surface area contributed by atoms with Crippen LogP contribution in [-0.4, -0.2) is 27.3 Å². The fraction of sp³-hybridized carbons (Fsp3) is 0.667. The number of nitrogens with zero attached hydrogens (tertiary/aromatic N) is 4. The summed E-state index contributed by atoms with van der Waals surface area (Å²) in [6.45, 7) is 3.67. The molecule has 92 valence electrons. The van der Waals surface area contributed by atoms with Gasteiger partial charge in [-0.1, -0.05) is 11.6 Å². The summed E-state index contributed by atoms with van der Waals surface area (Å²) in [5, 5.41) is 14.1. The summed E-state index contributed by atoms with van der Waals surface area (Å²) in [6, 6.07) is 2.40. The van der Waals surface area contributed by atoms with E-state index in [0.29, 0.717) is 5.15 Å². The van der Waals surface area contributed by atoms with Crippen molar-refractivity contribution in [2.24, 2.45) is 7.05 Å². The molecule has 1 aromatic heterocycles. The van der Waals surface area contributed by atoms with Gasteiger partial charge in [0.1, 0.15) is 5.15 Å². The van der Waals surface area contributed by atoms with Gasteiger partial charge in [0.25, 0.3) is 0 Å². The van der Waals surface area contributed by atoms with Crippen molar-refractivity contribution >= 4 is 11.6 Å². The second-order valence-electron chi connectivity index (χ2n) is 4.59. The van der Waals surface area contributed by atoms with Gasteiger partial charge in [0.05, 0.1) is 17.8 Å². The molecule has 17 heavy (non-hydrogen) atoms. The molecule has 0 spiro atoms. The second-order valence-corrected chi connectivity index (χ2v) is 4.95. The first-order chi connectivity index (χ1) is 8.13. The van der Waals surface area contributed by atoms with Gasteiger partial charge < -0.3 is 0 Å². The lowest BCUT2D eigenvalue weighted by molar-refractivity contribution is 0.176. The highest BCUT2D eigenvalue weighted by Gasteiger charge is 2.24. The minimum absolute atomic E-state index is 0.0272. The third-order valence-corrected chi connectivity index (χ3v) is 3.87. The Kier molecular flexibility index (Phi) is 3.70. The summed E-state index contributed by atoms with van der Waals surface area (Å²) < 4.78 is 1.69. The minimum Gasteiger partial charge on any atom is -0.284 e. The lowest BCUT2D eigenvalue weighted by Gasteiger charge is -2.31. The van der Waals surface area contributed by atoms with E-state index in [9.17, 15) is 0 Å². The van der Waals surface area contributed by atoms with Crippen molar-refractivity contribution in [2.75, 3.05) is 6.54 Å². The molecule has 2 heterocycles. The molecule has 1 aliphatic heterocycles. The highest BCUT2D eigenvalue weighted by molar-refractivity contribution is 6.30. The van der Waals surface area contributed by atoms with E-state index in [-0.39, 0.29) is 6.04 Å². The van der Waals surface area contributed by atoms with E-state index >= 15 is 0 Å². The topological polar surface area (TPSA) is 44.9 Å². The molecule has 0 N–H and O–H groups in total. The van der Waals surface area contributed by atoms with Crippen molar-refractivity contribution in [1.29, 1.82) is 5.26 Å². The van der Waals surface area contributed by atoms with Crippen molar-refractivity contribution in [3.8, 4) is 6.07 Å². The Hall–Kier alpha value is -1.05. The van der Waals surface area contributed by atoms with Gasteiger partial charge in [-0.2, -0.15) is 10.4 Å². The van der Waals surface area contributed by atoms with Crippen LogP contribution in [0.1, 0.15) is 30.5 Å². The summed E-state index contributed by atoms with van der Waals surface area (Å²) in [5.74, 6) is 0. The number of nitriles is 1. The molecule has 1 atom stereocenters.